The van der Waals surface area contributed by atoms with Crippen molar-refractivity contribution >= 4 is 17.7 Å². The second-order valence-electron chi connectivity index (χ2n) is 8.18. The van der Waals surface area contributed by atoms with Crippen LogP contribution in [0.5, 0.6) is 0 Å². The second-order valence-corrected chi connectivity index (χ2v) is 8.18. The average molecular weight is 409 g/mol. The van der Waals surface area contributed by atoms with Gasteiger partial charge in [-0.1, -0.05) is 0 Å². The molecule has 160 valence electrons. The van der Waals surface area contributed by atoms with Crippen molar-refractivity contribution in [1.82, 2.24) is 20.6 Å². The zero-order valence-electron chi connectivity index (χ0n) is 17.6. The smallest absolute Gasteiger partial charge is 0.315 e. The summed E-state index contributed by atoms with van der Waals surface area (Å²) in [6.45, 7) is 5.24. The van der Waals surface area contributed by atoms with Gasteiger partial charge < -0.3 is 20.4 Å². The SMILES string of the molecule is O=C(NCc1ccnc(N2CCCCC2)c1)NCc1ccnc(N2CCCCC2)c1. The topological polar surface area (TPSA) is 73.4 Å². The summed E-state index contributed by atoms with van der Waals surface area (Å²) in [5.74, 6) is 2.02. The minimum Gasteiger partial charge on any atom is -0.357 e. The lowest BCUT2D eigenvalue weighted by atomic mass is 10.1. The van der Waals surface area contributed by atoms with Gasteiger partial charge in [0.1, 0.15) is 11.6 Å². The van der Waals surface area contributed by atoms with Crippen LogP contribution in [-0.2, 0) is 13.1 Å². The molecule has 0 aromatic carbocycles. The Kier molecular flexibility index (Phi) is 7.00. The molecule has 7 heteroatoms. The van der Waals surface area contributed by atoms with Gasteiger partial charge in [-0.25, -0.2) is 14.8 Å². The van der Waals surface area contributed by atoms with E-state index in [4.69, 9.17) is 0 Å². The molecular weight excluding hydrogens is 376 g/mol. The summed E-state index contributed by atoms with van der Waals surface area (Å²) in [6, 6.07) is 7.92. The van der Waals surface area contributed by atoms with Gasteiger partial charge in [0.15, 0.2) is 0 Å². The number of nitrogens with zero attached hydrogens (tertiary/aromatic N) is 4. The van der Waals surface area contributed by atoms with Crippen LogP contribution in [-0.4, -0.2) is 42.2 Å². The maximum Gasteiger partial charge on any atom is 0.315 e. The fourth-order valence-corrected chi connectivity index (χ4v) is 4.16. The van der Waals surface area contributed by atoms with Crippen LogP contribution >= 0.6 is 0 Å². The van der Waals surface area contributed by atoms with Crippen LogP contribution in [0.15, 0.2) is 36.7 Å². The van der Waals surface area contributed by atoms with Crippen LogP contribution in [0.3, 0.4) is 0 Å². The molecule has 0 unspecified atom stereocenters. The highest BCUT2D eigenvalue weighted by molar-refractivity contribution is 5.73. The number of hydrogen-bond donors (Lipinski definition) is 2. The van der Waals surface area contributed by atoms with E-state index < -0.39 is 0 Å². The van der Waals surface area contributed by atoms with Crippen LogP contribution in [0, 0.1) is 0 Å². The summed E-state index contributed by atoms with van der Waals surface area (Å²) in [6.07, 6.45) is 11.2. The Labute approximate surface area is 178 Å². The maximum atomic E-state index is 12.3. The molecule has 4 rings (SSSR count). The Bertz CT molecular complexity index is 762. The molecule has 2 aromatic rings. The summed E-state index contributed by atoms with van der Waals surface area (Å²) in [4.78, 5) is 25.9. The molecule has 2 saturated heterocycles. The van der Waals surface area contributed by atoms with E-state index in [2.05, 4.69) is 42.5 Å². The van der Waals surface area contributed by atoms with E-state index in [0.717, 1.165) is 48.9 Å². The van der Waals surface area contributed by atoms with Gasteiger partial charge >= 0.3 is 6.03 Å². The van der Waals surface area contributed by atoms with Crippen LogP contribution in [0.2, 0.25) is 0 Å². The molecule has 0 saturated carbocycles. The molecule has 2 amide bonds. The van der Waals surface area contributed by atoms with Gasteiger partial charge in [0.2, 0.25) is 0 Å². The standard InChI is InChI=1S/C23H32N6O/c30-23(26-17-19-7-9-24-21(15-19)28-11-3-1-4-12-28)27-18-20-8-10-25-22(16-20)29-13-5-2-6-14-29/h7-10,15-16H,1-6,11-14,17-18H2,(H2,26,27,30). The van der Waals surface area contributed by atoms with Crippen molar-refractivity contribution < 1.29 is 4.79 Å². The van der Waals surface area contributed by atoms with E-state index in [1.807, 2.05) is 24.5 Å². The first-order valence-electron chi connectivity index (χ1n) is 11.2. The first-order valence-corrected chi connectivity index (χ1v) is 11.2. The normalized spacial score (nSPS) is 16.9. The minimum atomic E-state index is -0.164. The lowest BCUT2D eigenvalue weighted by Crippen LogP contribution is -2.35. The predicted molar refractivity (Wildman–Crippen MR) is 120 cm³/mol. The van der Waals surface area contributed by atoms with Crippen molar-refractivity contribution in [1.29, 1.82) is 0 Å². The molecule has 30 heavy (non-hydrogen) atoms. The van der Waals surface area contributed by atoms with Crippen molar-refractivity contribution in [3.63, 3.8) is 0 Å². The highest BCUT2D eigenvalue weighted by Gasteiger charge is 2.13. The van der Waals surface area contributed by atoms with Crippen molar-refractivity contribution in [3.8, 4) is 0 Å². The molecule has 2 aliphatic rings. The zero-order chi connectivity index (χ0) is 20.6. The van der Waals surface area contributed by atoms with Crippen LogP contribution in [0.1, 0.15) is 49.7 Å². The van der Waals surface area contributed by atoms with Gasteiger partial charge in [-0.15, -0.1) is 0 Å². The van der Waals surface area contributed by atoms with E-state index in [9.17, 15) is 4.79 Å². The zero-order valence-corrected chi connectivity index (χ0v) is 17.6. The Morgan fingerprint density at radius 3 is 1.60 bits per heavy atom. The third-order valence-electron chi connectivity index (χ3n) is 5.89. The number of anilines is 2. The van der Waals surface area contributed by atoms with Gasteiger partial charge in [-0.2, -0.15) is 0 Å². The van der Waals surface area contributed by atoms with Gasteiger partial charge in [0, 0.05) is 51.7 Å². The fourth-order valence-electron chi connectivity index (χ4n) is 4.16. The molecule has 7 nitrogen and oxygen atoms in total. The van der Waals surface area contributed by atoms with Crippen molar-refractivity contribution in [2.24, 2.45) is 0 Å². The minimum absolute atomic E-state index is 0.164. The molecule has 2 N–H and O–H groups in total. The van der Waals surface area contributed by atoms with Crippen LogP contribution in [0.4, 0.5) is 16.4 Å². The van der Waals surface area contributed by atoms with Gasteiger partial charge in [0.25, 0.3) is 0 Å². The number of rotatable bonds is 6. The largest absolute Gasteiger partial charge is 0.357 e. The molecule has 2 aliphatic heterocycles. The third-order valence-corrected chi connectivity index (χ3v) is 5.89. The summed E-state index contributed by atoms with van der Waals surface area (Å²) in [7, 11) is 0. The van der Waals surface area contributed by atoms with Crippen molar-refractivity contribution in [3.05, 3.63) is 47.8 Å². The lowest BCUT2D eigenvalue weighted by Gasteiger charge is -2.28. The molecule has 0 radical (unpaired) electrons. The maximum absolute atomic E-state index is 12.3. The quantitative estimate of drug-likeness (QED) is 0.766. The van der Waals surface area contributed by atoms with Crippen LogP contribution < -0.4 is 20.4 Å². The van der Waals surface area contributed by atoms with E-state index in [1.54, 1.807) is 0 Å². The number of piperidine rings is 2. The summed E-state index contributed by atoms with van der Waals surface area (Å²) < 4.78 is 0. The van der Waals surface area contributed by atoms with Gasteiger partial charge in [0.05, 0.1) is 0 Å². The second kappa shape index (κ2) is 10.3. The number of aromatic nitrogens is 2. The summed E-state index contributed by atoms with van der Waals surface area (Å²) in [5, 5.41) is 5.91. The summed E-state index contributed by atoms with van der Waals surface area (Å²) >= 11 is 0. The monoisotopic (exact) mass is 408 g/mol. The van der Waals surface area contributed by atoms with E-state index in [1.165, 1.54) is 38.5 Å². The molecular formula is C23H32N6O. The Morgan fingerprint density at radius 1 is 0.733 bits per heavy atom. The Hall–Kier alpha value is -2.83. The predicted octanol–water partition coefficient (Wildman–Crippen LogP) is 3.46. The third kappa shape index (κ3) is 5.62. The van der Waals surface area contributed by atoms with Crippen LogP contribution in [0.25, 0.3) is 0 Å². The van der Waals surface area contributed by atoms with E-state index in [0.29, 0.717) is 13.1 Å². The van der Waals surface area contributed by atoms with E-state index >= 15 is 0 Å². The highest BCUT2D eigenvalue weighted by Crippen LogP contribution is 2.19. The average Bonchev–Trinajstić information content (AvgIpc) is 2.83. The number of hydrogen-bond acceptors (Lipinski definition) is 5. The molecule has 0 atom stereocenters. The Morgan fingerprint density at radius 2 is 1.17 bits per heavy atom. The molecule has 0 bridgehead atoms. The molecule has 2 fully saturated rings. The Balaban J connectivity index is 1.25. The molecule has 4 heterocycles. The van der Waals surface area contributed by atoms with Gasteiger partial charge in [-0.3, -0.25) is 0 Å². The highest BCUT2D eigenvalue weighted by atomic mass is 16.2. The lowest BCUT2D eigenvalue weighted by molar-refractivity contribution is 0.240. The number of amides is 2. The number of carbonyl (C=O) groups excluding carboxylic acids is 1. The van der Waals surface area contributed by atoms with Crippen molar-refractivity contribution in [2.45, 2.75) is 51.6 Å². The first-order chi connectivity index (χ1) is 14.8. The molecule has 0 spiro atoms. The van der Waals surface area contributed by atoms with Crippen molar-refractivity contribution in [2.75, 3.05) is 36.0 Å². The first kappa shape index (κ1) is 20.4. The number of carbonyl (C=O) groups is 1. The molecule has 0 aliphatic carbocycles. The summed E-state index contributed by atoms with van der Waals surface area (Å²) in [5.41, 5.74) is 2.13. The number of urea groups is 1. The molecule has 2 aromatic heterocycles. The number of pyridine rings is 2. The van der Waals surface area contributed by atoms with Gasteiger partial charge in [-0.05, 0) is 73.9 Å². The fraction of sp³-hybridized carbons (Fsp3) is 0.522. The number of nitrogens with one attached hydrogen (secondary N) is 2. The van der Waals surface area contributed by atoms with E-state index in [-0.39, 0.29) is 6.03 Å².